The van der Waals surface area contributed by atoms with Gasteiger partial charge >= 0.3 is 12.6 Å². The summed E-state index contributed by atoms with van der Waals surface area (Å²) < 4.78 is 33.6. The molecule has 0 aliphatic rings. The molecule has 0 unspecified atom stereocenters. The Labute approximate surface area is 178 Å². The minimum Gasteiger partial charge on any atom is -0.452 e. The number of nitro groups is 1. The molecule has 0 bridgehead atoms. The molecule has 0 spiro atoms. The van der Waals surface area contributed by atoms with E-state index in [-0.39, 0.29) is 46.5 Å². The molecule has 0 aromatic heterocycles. The Kier molecular flexibility index (Phi) is 8.46. The summed E-state index contributed by atoms with van der Waals surface area (Å²) >= 11 is 5.79. The maximum Gasteiger partial charge on any atom is 0.387 e. The number of aliphatic hydroxyl groups excluding tert-OH is 1. The normalized spacial score (nSPS) is 10.5. The van der Waals surface area contributed by atoms with Crippen LogP contribution in [0.25, 0.3) is 0 Å². The van der Waals surface area contributed by atoms with E-state index >= 15 is 0 Å². The number of anilines is 2. The fourth-order valence-corrected chi connectivity index (χ4v) is 2.56. The standard InChI is InChI=1S/C18H16ClF2N3O7/c19-13-7-10(1-4-15(13)31-18(20)21)23-16(26)9-30-17(27)12-8-11(24(28)29)2-3-14(12)22-5-6-25/h1-4,7-8,18,22,25H,5-6,9H2,(H,23,26). The summed E-state index contributed by atoms with van der Waals surface area (Å²) in [5.74, 6) is -2.07. The molecule has 2 aromatic rings. The van der Waals surface area contributed by atoms with Crippen LogP contribution in [0.1, 0.15) is 10.4 Å². The van der Waals surface area contributed by atoms with Gasteiger partial charge in [-0.25, -0.2) is 4.79 Å². The lowest BCUT2D eigenvalue weighted by molar-refractivity contribution is -0.384. The Morgan fingerprint density at radius 3 is 2.58 bits per heavy atom. The molecule has 0 fully saturated rings. The number of aliphatic hydroxyl groups is 1. The number of benzene rings is 2. The monoisotopic (exact) mass is 459 g/mol. The summed E-state index contributed by atoms with van der Waals surface area (Å²) in [7, 11) is 0. The maximum atomic E-state index is 12.3. The lowest BCUT2D eigenvalue weighted by Crippen LogP contribution is -2.21. The van der Waals surface area contributed by atoms with Crippen molar-refractivity contribution in [2.24, 2.45) is 0 Å². The number of hydrogen-bond donors (Lipinski definition) is 3. The average Bonchev–Trinajstić information content (AvgIpc) is 2.72. The Hall–Kier alpha value is -3.51. The molecule has 0 heterocycles. The van der Waals surface area contributed by atoms with Crippen LogP contribution in [0.4, 0.5) is 25.8 Å². The van der Waals surface area contributed by atoms with Crippen LogP contribution in [-0.4, -0.2) is 48.3 Å². The molecule has 0 aliphatic heterocycles. The number of alkyl halides is 2. The summed E-state index contributed by atoms with van der Waals surface area (Å²) in [6.45, 7) is -3.99. The van der Waals surface area contributed by atoms with Gasteiger partial charge < -0.3 is 25.2 Å². The summed E-state index contributed by atoms with van der Waals surface area (Å²) in [5, 5.41) is 24.7. The average molecular weight is 460 g/mol. The zero-order valence-electron chi connectivity index (χ0n) is 15.6. The van der Waals surface area contributed by atoms with Crippen molar-refractivity contribution < 1.29 is 37.9 Å². The molecule has 1 amide bonds. The van der Waals surface area contributed by atoms with Gasteiger partial charge in [0.15, 0.2) is 6.61 Å². The second-order valence-electron chi connectivity index (χ2n) is 5.79. The molecule has 3 N–H and O–H groups in total. The van der Waals surface area contributed by atoms with Crippen molar-refractivity contribution in [1.82, 2.24) is 0 Å². The minimum atomic E-state index is -3.07. The van der Waals surface area contributed by atoms with E-state index in [0.29, 0.717) is 0 Å². The van der Waals surface area contributed by atoms with E-state index in [4.69, 9.17) is 21.4 Å². The van der Waals surface area contributed by atoms with E-state index in [0.717, 1.165) is 24.3 Å². The molecule has 0 saturated carbocycles. The molecule has 10 nitrogen and oxygen atoms in total. The number of esters is 1. The SMILES string of the molecule is O=C(COC(=O)c1cc([N+](=O)[O-])ccc1NCCO)Nc1ccc(OC(F)F)c(Cl)c1. The van der Waals surface area contributed by atoms with Crippen LogP contribution in [0.3, 0.4) is 0 Å². The molecule has 31 heavy (non-hydrogen) atoms. The first-order valence-corrected chi connectivity index (χ1v) is 8.93. The number of halogens is 3. The van der Waals surface area contributed by atoms with Crippen molar-refractivity contribution in [3.05, 3.63) is 57.1 Å². The fraction of sp³-hybridized carbons (Fsp3) is 0.222. The molecule has 13 heteroatoms. The topological polar surface area (TPSA) is 140 Å². The Morgan fingerprint density at radius 2 is 1.97 bits per heavy atom. The lowest BCUT2D eigenvalue weighted by Gasteiger charge is -2.12. The molecule has 0 atom stereocenters. The third-order valence-corrected chi connectivity index (χ3v) is 3.92. The highest BCUT2D eigenvalue weighted by Gasteiger charge is 2.19. The number of amides is 1. The summed E-state index contributed by atoms with van der Waals surface area (Å²) in [5.41, 5.74) is -0.265. The van der Waals surface area contributed by atoms with Crippen molar-refractivity contribution >= 4 is 40.5 Å². The number of carbonyl (C=O) groups is 2. The zero-order chi connectivity index (χ0) is 23.0. The van der Waals surface area contributed by atoms with Crippen molar-refractivity contribution in [3.63, 3.8) is 0 Å². The van der Waals surface area contributed by atoms with Gasteiger partial charge in [-0.15, -0.1) is 0 Å². The van der Waals surface area contributed by atoms with Crippen molar-refractivity contribution in [2.75, 3.05) is 30.4 Å². The Balaban J connectivity index is 2.03. The van der Waals surface area contributed by atoms with Crippen LogP contribution in [0.5, 0.6) is 5.75 Å². The second kappa shape index (κ2) is 11.0. The van der Waals surface area contributed by atoms with Crippen LogP contribution in [0.2, 0.25) is 5.02 Å². The predicted molar refractivity (Wildman–Crippen MR) is 106 cm³/mol. The Morgan fingerprint density at radius 1 is 1.23 bits per heavy atom. The van der Waals surface area contributed by atoms with Crippen LogP contribution >= 0.6 is 11.6 Å². The number of nitrogens with one attached hydrogen (secondary N) is 2. The molecular formula is C18H16ClF2N3O7. The number of nitro benzene ring substituents is 1. The third kappa shape index (κ3) is 7.04. The van der Waals surface area contributed by atoms with Crippen LogP contribution in [-0.2, 0) is 9.53 Å². The van der Waals surface area contributed by atoms with Gasteiger partial charge in [-0.3, -0.25) is 14.9 Å². The van der Waals surface area contributed by atoms with Gasteiger partial charge in [0.05, 0.1) is 22.1 Å². The van der Waals surface area contributed by atoms with Gasteiger partial charge in [0.1, 0.15) is 5.75 Å². The molecule has 0 saturated heterocycles. The quantitative estimate of drug-likeness (QED) is 0.280. The highest BCUT2D eigenvalue weighted by Crippen LogP contribution is 2.29. The molecule has 2 aromatic carbocycles. The molecule has 0 aliphatic carbocycles. The number of non-ortho nitro benzene ring substituents is 1. The predicted octanol–water partition coefficient (Wildman–Crippen LogP) is 3.05. The van der Waals surface area contributed by atoms with Gasteiger partial charge in [-0.2, -0.15) is 8.78 Å². The molecular weight excluding hydrogens is 444 g/mol. The third-order valence-electron chi connectivity index (χ3n) is 3.63. The lowest BCUT2D eigenvalue weighted by atomic mass is 10.1. The van der Waals surface area contributed by atoms with Gasteiger partial charge in [-0.05, 0) is 24.3 Å². The Bertz CT molecular complexity index is 975. The fourth-order valence-electron chi connectivity index (χ4n) is 2.34. The second-order valence-corrected chi connectivity index (χ2v) is 6.19. The number of carbonyl (C=O) groups excluding carboxylic acids is 2. The van der Waals surface area contributed by atoms with Crippen molar-refractivity contribution in [2.45, 2.75) is 6.61 Å². The number of rotatable bonds is 10. The summed E-state index contributed by atoms with van der Waals surface area (Å²) in [6.07, 6.45) is 0. The zero-order valence-corrected chi connectivity index (χ0v) is 16.4. The molecule has 0 radical (unpaired) electrons. The highest BCUT2D eigenvalue weighted by molar-refractivity contribution is 6.32. The van der Waals surface area contributed by atoms with Crippen LogP contribution in [0.15, 0.2) is 36.4 Å². The van der Waals surface area contributed by atoms with Crippen molar-refractivity contribution in [3.8, 4) is 5.75 Å². The van der Waals surface area contributed by atoms with Crippen molar-refractivity contribution in [1.29, 1.82) is 0 Å². The van der Waals surface area contributed by atoms with E-state index in [1.54, 1.807) is 0 Å². The first kappa shape index (κ1) is 23.8. The van der Waals surface area contributed by atoms with Gasteiger partial charge in [0, 0.05) is 30.1 Å². The summed E-state index contributed by atoms with van der Waals surface area (Å²) in [4.78, 5) is 34.6. The molecule has 2 rings (SSSR count). The van der Waals surface area contributed by atoms with E-state index in [1.807, 2.05) is 0 Å². The van der Waals surface area contributed by atoms with Crippen LogP contribution < -0.4 is 15.4 Å². The highest BCUT2D eigenvalue weighted by atomic mass is 35.5. The number of hydrogen-bond acceptors (Lipinski definition) is 8. The van der Waals surface area contributed by atoms with Gasteiger partial charge in [-0.1, -0.05) is 11.6 Å². The van der Waals surface area contributed by atoms with E-state index in [2.05, 4.69) is 15.4 Å². The van der Waals surface area contributed by atoms with E-state index in [1.165, 1.54) is 12.1 Å². The number of nitrogens with zero attached hydrogens (tertiary/aromatic N) is 1. The first-order valence-electron chi connectivity index (χ1n) is 8.55. The largest absolute Gasteiger partial charge is 0.452 e. The smallest absolute Gasteiger partial charge is 0.387 e. The maximum absolute atomic E-state index is 12.3. The number of ether oxygens (including phenoxy) is 2. The van der Waals surface area contributed by atoms with Crippen LogP contribution in [0, 0.1) is 10.1 Å². The van der Waals surface area contributed by atoms with Gasteiger partial charge in [0.25, 0.3) is 11.6 Å². The van der Waals surface area contributed by atoms with E-state index < -0.39 is 30.0 Å². The minimum absolute atomic E-state index is 0.0740. The first-order chi connectivity index (χ1) is 14.7. The van der Waals surface area contributed by atoms with Gasteiger partial charge in [0.2, 0.25) is 0 Å². The van der Waals surface area contributed by atoms with E-state index in [9.17, 15) is 28.5 Å². The molecule has 166 valence electrons. The summed E-state index contributed by atoms with van der Waals surface area (Å²) in [6, 6.07) is 6.95.